The molecule has 2 amide bonds. The number of amides is 2. The molecule has 1 heterocycles. The highest BCUT2D eigenvalue weighted by Crippen LogP contribution is 2.25. The average molecular weight is 275 g/mol. The highest BCUT2D eigenvalue weighted by atomic mass is 16.4. The van der Waals surface area contributed by atoms with Gasteiger partial charge in [0.05, 0.1) is 17.7 Å². The fraction of sp³-hybridized carbons (Fsp3) is 0.308. The number of benzene rings is 1. The third-order valence-corrected chi connectivity index (χ3v) is 3.32. The van der Waals surface area contributed by atoms with Gasteiger partial charge in [-0.3, -0.25) is 4.90 Å². The van der Waals surface area contributed by atoms with Crippen LogP contribution in [0.3, 0.4) is 0 Å². The van der Waals surface area contributed by atoms with Crippen molar-refractivity contribution in [3.63, 3.8) is 0 Å². The zero-order chi connectivity index (χ0) is 14.7. The van der Waals surface area contributed by atoms with Crippen LogP contribution in [0.25, 0.3) is 0 Å². The topological polar surface area (TPSA) is 105 Å². The van der Waals surface area contributed by atoms with Crippen molar-refractivity contribution in [3.05, 3.63) is 35.4 Å². The molecular weight excluding hydrogens is 262 g/mol. The van der Waals surface area contributed by atoms with Crippen LogP contribution in [0, 0.1) is 11.3 Å². The minimum atomic E-state index is -1.08. The van der Waals surface area contributed by atoms with Gasteiger partial charge >= 0.3 is 12.2 Å². The Morgan fingerprint density at radius 2 is 1.80 bits per heavy atom. The van der Waals surface area contributed by atoms with Crippen LogP contribution in [-0.2, 0) is 0 Å². The van der Waals surface area contributed by atoms with E-state index in [4.69, 9.17) is 10.4 Å². The summed E-state index contributed by atoms with van der Waals surface area (Å²) in [7, 11) is 0. The fourth-order valence-electron chi connectivity index (χ4n) is 2.25. The molecule has 2 rings (SSSR count). The van der Waals surface area contributed by atoms with Crippen molar-refractivity contribution in [1.29, 1.82) is 5.26 Å². The molecule has 1 aromatic rings. The lowest BCUT2D eigenvalue weighted by Gasteiger charge is -2.38. The van der Waals surface area contributed by atoms with E-state index in [2.05, 4.69) is 0 Å². The molecule has 1 aliphatic heterocycles. The Kier molecular flexibility index (Phi) is 3.75. The Morgan fingerprint density at radius 3 is 2.30 bits per heavy atom. The van der Waals surface area contributed by atoms with Crippen LogP contribution in [0.15, 0.2) is 24.3 Å². The van der Waals surface area contributed by atoms with E-state index in [1.165, 1.54) is 9.80 Å². The molecule has 7 heteroatoms. The summed E-state index contributed by atoms with van der Waals surface area (Å²) in [6.07, 6.45) is -2.14. The van der Waals surface area contributed by atoms with Gasteiger partial charge in [-0.2, -0.15) is 5.26 Å². The Labute approximate surface area is 115 Å². The standard InChI is InChI=1S/C13H13N3O4/c14-7-9-1-3-10(4-2-9)11-8-15(12(17)18)5-6-16(11)13(19)20/h1-4,11H,5-6,8H2,(H,17,18)(H,19,20)/t11-/m1/s1. The van der Waals surface area contributed by atoms with Crippen LogP contribution in [0.2, 0.25) is 0 Å². The van der Waals surface area contributed by atoms with Gasteiger partial charge in [-0.15, -0.1) is 0 Å². The van der Waals surface area contributed by atoms with Crippen molar-refractivity contribution in [3.8, 4) is 6.07 Å². The average Bonchev–Trinajstić information content (AvgIpc) is 2.46. The molecule has 2 N–H and O–H groups in total. The Balaban J connectivity index is 2.28. The lowest BCUT2D eigenvalue weighted by atomic mass is 10.0. The van der Waals surface area contributed by atoms with Crippen LogP contribution in [0.1, 0.15) is 17.2 Å². The van der Waals surface area contributed by atoms with Crippen molar-refractivity contribution in [1.82, 2.24) is 9.80 Å². The third kappa shape index (κ3) is 2.64. The molecule has 1 saturated heterocycles. The number of piperazine rings is 1. The van der Waals surface area contributed by atoms with Crippen LogP contribution in [0.5, 0.6) is 0 Å². The zero-order valence-corrected chi connectivity index (χ0v) is 10.6. The smallest absolute Gasteiger partial charge is 0.407 e. The summed E-state index contributed by atoms with van der Waals surface area (Å²) >= 11 is 0. The van der Waals surface area contributed by atoms with E-state index < -0.39 is 18.2 Å². The lowest BCUT2D eigenvalue weighted by Crippen LogP contribution is -2.51. The molecule has 1 fully saturated rings. The number of rotatable bonds is 1. The third-order valence-electron chi connectivity index (χ3n) is 3.32. The first kappa shape index (κ1) is 13.7. The lowest BCUT2D eigenvalue weighted by molar-refractivity contribution is 0.0635. The predicted octanol–water partition coefficient (Wildman–Crippen LogP) is 1.57. The molecule has 0 aromatic heterocycles. The Morgan fingerprint density at radius 1 is 1.15 bits per heavy atom. The summed E-state index contributed by atoms with van der Waals surface area (Å²) in [6.45, 7) is 0.383. The highest BCUT2D eigenvalue weighted by Gasteiger charge is 2.33. The van der Waals surface area contributed by atoms with Crippen molar-refractivity contribution in [2.24, 2.45) is 0 Å². The maximum Gasteiger partial charge on any atom is 0.407 e. The second-order valence-corrected chi connectivity index (χ2v) is 4.45. The number of nitriles is 1. The normalized spacial score (nSPS) is 18.4. The quantitative estimate of drug-likeness (QED) is 0.809. The predicted molar refractivity (Wildman–Crippen MR) is 68.2 cm³/mol. The Hall–Kier alpha value is -2.75. The van der Waals surface area contributed by atoms with E-state index in [0.717, 1.165) is 0 Å². The molecule has 0 unspecified atom stereocenters. The molecule has 1 aliphatic rings. The van der Waals surface area contributed by atoms with Crippen LogP contribution < -0.4 is 0 Å². The van der Waals surface area contributed by atoms with Crippen molar-refractivity contribution in [2.75, 3.05) is 19.6 Å². The number of nitrogens with zero attached hydrogens (tertiary/aromatic N) is 3. The Bertz CT molecular complexity index is 564. The molecule has 7 nitrogen and oxygen atoms in total. The maximum atomic E-state index is 11.2. The van der Waals surface area contributed by atoms with Crippen molar-refractivity contribution >= 4 is 12.2 Å². The van der Waals surface area contributed by atoms with Crippen LogP contribution >= 0.6 is 0 Å². The van der Waals surface area contributed by atoms with E-state index in [1.54, 1.807) is 24.3 Å². The van der Waals surface area contributed by atoms with E-state index in [0.29, 0.717) is 11.1 Å². The summed E-state index contributed by atoms with van der Waals surface area (Å²) in [5.74, 6) is 0. The van der Waals surface area contributed by atoms with E-state index in [1.807, 2.05) is 6.07 Å². The SMILES string of the molecule is N#Cc1ccc([C@H]2CN(C(=O)O)CCN2C(=O)O)cc1. The van der Waals surface area contributed by atoms with Gasteiger partial charge in [0, 0.05) is 19.6 Å². The summed E-state index contributed by atoms with van der Waals surface area (Å²) in [4.78, 5) is 24.7. The fourth-order valence-corrected chi connectivity index (χ4v) is 2.25. The first-order valence-electron chi connectivity index (χ1n) is 6.00. The van der Waals surface area contributed by atoms with Gasteiger partial charge in [0.2, 0.25) is 0 Å². The summed E-state index contributed by atoms with van der Waals surface area (Å²) in [5, 5.41) is 27.0. The van der Waals surface area contributed by atoms with Gasteiger partial charge in [-0.1, -0.05) is 12.1 Å². The second kappa shape index (κ2) is 5.48. The molecule has 0 radical (unpaired) electrons. The van der Waals surface area contributed by atoms with Crippen LogP contribution in [0.4, 0.5) is 9.59 Å². The minimum Gasteiger partial charge on any atom is -0.465 e. The molecule has 1 aromatic carbocycles. The van der Waals surface area contributed by atoms with Gasteiger partial charge in [-0.05, 0) is 17.7 Å². The summed E-state index contributed by atoms with van der Waals surface area (Å²) in [5.41, 5.74) is 1.15. The monoisotopic (exact) mass is 275 g/mol. The highest BCUT2D eigenvalue weighted by molar-refractivity contribution is 5.68. The first-order valence-corrected chi connectivity index (χ1v) is 6.00. The largest absolute Gasteiger partial charge is 0.465 e. The molecule has 1 atom stereocenters. The van der Waals surface area contributed by atoms with Gasteiger partial charge in [0.1, 0.15) is 0 Å². The molecule has 0 aliphatic carbocycles. The number of hydrogen-bond acceptors (Lipinski definition) is 3. The van der Waals surface area contributed by atoms with Gasteiger partial charge in [-0.25, -0.2) is 9.59 Å². The molecule has 20 heavy (non-hydrogen) atoms. The van der Waals surface area contributed by atoms with E-state index in [9.17, 15) is 14.7 Å². The summed E-state index contributed by atoms with van der Waals surface area (Å²) in [6, 6.07) is 7.93. The van der Waals surface area contributed by atoms with Gasteiger partial charge in [0.15, 0.2) is 0 Å². The van der Waals surface area contributed by atoms with Gasteiger partial charge < -0.3 is 15.1 Å². The number of carbonyl (C=O) groups is 2. The maximum absolute atomic E-state index is 11.2. The molecule has 0 bridgehead atoms. The zero-order valence-electron chi connectivity index (χ0n) is 10.6. The van der Waals surface area contributed by atoms with E-state index in [-0.39, 0.29) is 19.6 Å². The molecule has 104 valence electrons. The number of carboxylic acid groups (broad SMARTS) is 2. The van der Waals surface area contributed by atoms with Crippen LogP contribution in [-0.4, -0.2) is 51.8 Å². The first-order chi connectivity index (χ1) is 9.52. The second-order valence-electron chi connectivity index (χ2n) is 4.45. The molecular formula is C13H13N3O4. The number of hydrogen-bond donors (Lipinski definition) is 2. The van der Waals surface area contributed by atoms with Gasteiger partial charge in [0.25, 0.3) is 0 Å². The van der Waals surface area contributed by atoms with E-state index >= 15 is 0 Å². The summed E-state index contributed by atoms with van der Waals surface area (Å²) < 4.78 is 0. The molecule has 0 spiro atoms. The van der Waals surface area contributed by atoms with Crippen molar-refractivity contribution < 1.29 is 19.8 Å². The van der Waals surface area contributed by atoms with Crippen molar-refractivity contribution in [2.45, 2.75) is 6.04 Å². The minimum absolute atomic E-state index is 0.0908. The molecule has 0 saturated carbocycles.